The lowest BCUT2D eigenvalue weighted by Gasteiger charge is -2.28. The van der Waals surface area contributed by atoms with Crippen LogP contribution in [0.4, 0.5) is 5.82 Å². The fourth-order valence-electron chi connectivity index (χ4n) is 2.88. The molecule has 3 aromatic heterocycles. The van der Waals surface area contributed by atoms with E-state index in [-0.39, 0.29) is 0 Å². The average molecular weight is 310 g/mol. The lowest BCUT2D eigenvalue weighted by Crippen LogP contribution is -2.43. The van der Waals surface area contributed by atoms with Crippen molar-refractivity contribution >= 4 is 11.5 Å². The highest BCUT2D eigenvalue weighted by molar-refractivity contribution is 5.81. The number of piperazine rings is 1. The number of nitrogens with zero attached hydrogens (tertiary/aromatic N) is 5. The van der Waals surface area contributed by atoms with Gasteiger partial charge in [0, 0.05) is 44.1 Å². The molecule has 3 aromatic rings. The molecule has 0 aromatic carbocycles. The fourth-order valence-corrected chi connectivity index (χ4v) is 2.88. The van der Waals surface area contributed by atoms with E-state index in [4.69, 9.17) is 9.72 Å². The number of anilines is 1. The second-order valence-corrected chi connectivity index (χ2v) is 5.43. The van der Waals surface area contributed by atoms with Crippen molar-refractivity contribution in [2.45, 2.75) is 0 Å². The third-order valence-corrected chi connectivity index (χ3v) is 4.09. The van der Waals surface area contributed by atoms with Crippen LogP contribution >= 0.6 is 0 Å². The highest BCUT2D eigenvalue weighted by Crippen LogP contribution is 2.31. The van der Waals surface area contributed by atoms with Gasteiger partial charge in [-0.1, -0.05) is 0 Å². The van der Waals surface area contributed by atoms with E-state index >= 15 is 0 Å². The van der Waals surface area contributed by atoms with Gasteiger partial charge in [0.05, 0.1) is 25.1 Å². The summed E-state index contributed by atoms with van der Waals surface area (Å²) in [5, 5.41) is 7.76. The standard InChI is InChI=1S/C16H18N6O/c1-23-14-11-18-4-2-12(14)13-10-19-22-7-3-15(20-16(13)22)21-8-5-17-6-9-21/h2-4,7,10-11,17H,5-6,8-9H2,1H3. The first-order valence-corrected chi connectivity index (χ1v) is 7.65. The first kappa shape index (κ1) is 14.0. The number of rotatable bonds is 3. The molecule has 0 amide bonds. The van der Waals surface area contributed by atoms with Crippen LogP contribution in [0.15, 0.2) is 36.9 Å². The van der Waals surface area contributed by atoms with Crippen LogP contribution in [-0.4, -0.2) is 52.9 Å². The molecule has 4 heterocycles. The maximum atomic E-state index is 5.42. The summed E-state index contributed by atoms with van der Waals surface area (Å²) in [6.07, 6.45) is 7.24. The van der Waals surface area contributed by atoms with Gasteiger partial charge in [-0.15, -0.1) is 0 Å². The number of pyridine rings is 1. The van der Waals surface area contributed by atoms with Crippen LogP contribution in [0.5, 0.6) is 5.75 Å². The molecule has 0 spiro atoms. The molecule has 0 bridgehead atoms. The van der Waals surface area contributed by atoms with E-state index in [1.807, 2.05) is 24.5 Å². The molecule has 7 heteroatoms. The van der Waals surface area contributed by atoms with Crippen molar-refractivity contribution in [1.29, 1.82) is 0 Å². The molecule has 4 rings (SSSR count). The largest absolute Gasteiger partial charge is 0.494 e. The zero-order chi connectivity index (χ0) is 15.6. The summed E-state index contributed by atoms with van der Waals surface area (Å²) >= 11 is 0. The predicted octanol–water partition coefficient (Wildman–Crippen LogP) is 1.21. The number of hydrogen-bond acceptors (Lipinski definition) is 6. The van der Waals surface area contributed by atoms with Crippen molar-refractivity contribution in [1.82, 2.24) is 24.9 Å². The Bertz CT molecular complexity index is 824. The minimum absolute atomic E-state index is 0.719. The van der Waals surface area contributed by atoms with E-state index in [0.717, 1.165) is 54.5 Å². The molecule has 0 saturated carbocycles. The Morgan fingerprint density at radius 2 is 2.00 bits per heavy atom. The summed E-state index contributed by atoms with van der Waals surface area (Å²) in [5.41, 5.74) is 2.72. The van der Waals surface area contributed by atoms with E-state index in [1.54, 1.807) is 24.0 Å². The number of fused-ring (bicyclic) bond motifs is 1. The monoisotopic (exact) mass is 310 g/mol. The molecule has 0 radical (unpaired) electrons. The summed E-state index contributed by atoms with van der Waals surface area (Å²) in [7, 11) is 1.64. The Kier molecular flexibility index (Phi) is 3.55. The molecule has 1 aliphatic heterocycles. The Balaban J connectivity index is 1.81. The molecular formula is C16H18N6O. The summed E-state index contributed by atoms with van der Waals surface area (Å²) in [5.74, 6) is 1.70. The zero-order valence-electron chi connectivity index (χ0n) is 12.9. The summed E-state index contributed by atoms with van der Waals surface area (Å²) in [4.78, 5) is 11.2. The third kappa shape index (κ3) is 2.49. The van der Waals surface area contributed by atoms with Crippen LogP contribution in [0.3, 0.4) is 0 Å². The quantitative estimate of drug-likeness (QED) is 0.784. The third-order valence-electron chi connectivity index (χ3n) is 4.09. The molecule has 1 fully saturated rings. The molecule has 0 unspecified atom stereocenters. The van der Waals surface area contributed by atoms with Gasteiger partial charge in [0.1, 0.15) is 11.6 Å². The zero-order valence-corrected chi connectivity index (χ0v) is 12.9. The van der Waals surface area contributed by atoms with E-state index in [1.165, 1.54) is 0 Å². The van der Waals surface area contributed by atoms with Crippen molar-refractivity contribution in [2.24, 2.45) is 0 Å². The second kappa shape index (κ2) is 5.85. The Morgan fingerprint density at radius 3 is 2.83 bits per heavy atom. The molecule has 118 valence electrons. The van der Waals surface area contributed by atoms with Gasteiger partial charge in [0.25, 0.3) is 0 Å². The summed E-state index contributed by atoms with van der Waals surface area (Å²) < 4.78 is 7.21. The van der Waals surface area contributed by atoms with Gasteiger partial charge in [0.2, 0.25) is 0 Å². The molecule has 1 saturated heterocycles. The predicted molar refractivity (Wildman–Crippen MR) is 87.9 cm³/mol. The Labute approximate surface area is 133 Å². The number of ether oxygens (including phenoxy) is 1. The SMILES string of the molecule is COc1cnccc1-c1cnn2ccc(N3CCNCC3)nc12. The van der Waals surface area contributed by atoms with Gasteiger partial charge in [-0.05, 0) is 12.1 Å². The van der Waals surface area contributed by atoms with Crippen LogP contribution in [0.1, 0.15) is 0 Å². The minimum Gasteiger partial charge on any atom is -0.494 e. The van der Waals surface area contributed by atoms with Crippen LogP contribution in [0.2, 0.25) is 0 Å². The fraction of sp³-hybridized carbons (Fsp3) is 0.312. The van der Waals surface area contributed by atoms with Crippen LogP contribution in [-0.2, 0) is 0 Å². The Hall–Kier alpha value is -2.67. The topological polar surface area (TPSA) is 67.6 Å². The van der Waals surface area contributed by atoms with Crippen molar-refractivity contribution in [3.63, 3.8) is 0 Å². The van der Waals surface area contributed by atoms with Crippen LogP contribution < -0.4 is 15.0 Å². The normalized spacial score (nSPS) is 15.1. The molecule has 0 aliphatic carbocycles. The average Bonchev–Trinajstić information content (AvgIpc) is 3.05. The molecular weight excluding hydrogens is 292 g/mol. The van der Waals surface area contributed by atoms with Gasteiger partial charge in [-0.3, -0.25) is 4.98 Å². The summed E-state index contributed by atoms with van der Waals surface area (Å²) in [6, 6.07) is 3.94. The molecule has 7 nitrogen and oxygen atoms in total. The highest BCUT2D eigenvalue weighted by atomic mass is 16.5. The number of methoxy groups -OCH3 is 1. The van der Waals surface area contributed by atoms with Gasteiger partial charge in [0.15, 0.2) is 5.65 Å². The lowest BCUT2D eigenvalue weighted by molar-refractivity contribution is 0.414. The van der Waals surface area contributed by atoms with E-state index in [2.05, 4.69) is 20.3 Å². The molecule has 1 N–H and O–H groups in total. The smallest absolute Gasteiger partial charge is 0.165 e. The van der Waals surface area contributed by atoms with Gasteiger partial charge < -0.3 is 15.0 Å². The van der Waals surface area contributed by atoms with Gasteiger partial charge in [-0.2, -0.15) is 5.10 Å². The van der Waals surface area contributed by atoms with E-state index in [9.17, 15) is 0 Å². The highest BCUT2D eigenvalue weighted by Gasteiger charge is 2.16. The number of aromatic nitrogens is 4. The van der Waals surface area contributed by atoms with E-state index in [0.29, 0.717) is 0 Å². The van der Waals surface area contributed by atoms with Crippen molar-refractivity contribution in [3.8, 4) is 16.9 Å². The van der Waals surface area contributed by atoms with Crippen molar-refractivity contribution in [2.75, 3.05) is 38.2 Å². The lowest BCUT2D eigenvalue weighted by atomic mass is 10.1. The maximum Gasteiger partial charge on any atom is 0.165 e. The van der Waals surface area contributed by atoms with Gasteiger partial charge in [-0.25, -0.2) is 9.50 Å². The van der Waals surface area contributed by atoms with Crippen LogP contribution in [0.25, 0.3) is 16.8 Å². The van der Waals surface area contributed by atoms with Gasteiger partial charge >= 0.3 is 0 Å². The molecule has 23 heavy (non-hydrogen) atoms. The summed E-state index contributed by atoms with van der Waals surface area (Å²) in [6.45, 7) is 3.89. The Morgan fingerprint density at radius 1 is 1.13 bits per heavy atom. The van der Waals surface area contributed by atoms with Crippen LogP contribution in [0, 0.1) is 0 Å². The maximum absolute atomic E-state index is 5.42. The molecule has 0 atom stereocenters. The second-order valence-electron chi connectivity index (χ2n) is 5.43. The van der Waals surface area contributed by atoms with Crippen molar-refractivity contribution < 1.29 is 4.74 Å². The minimum atomic E-state index is 0.719. The van der Waals surface area contributed by atoms with E-state index < -0.39 is 0 Å². The first-order valence-electron chi connectivity index (χ1n) is 7.65. The molecule has 1 aliphatic rings. The first-order chi connectivity index (χ1) is 11.4. The van der Waals surface area contributed by atoms with Crippen molar-refractivity contribution in [3.05, 3.63) is 36.9 Å². The number of hydrogen-bond donors (Lipinski definition) is 1. The number of nitrogens with one attached hydrogen (secondary N) is 1.